The van der Waals surface area contributed by atoms with E-state index in [9.17, 15) is 0 Å². The predicted octanol–water partition coefficient (Wildman–Crippen LogP) is 4.36. The van der Waals surface area contributed by atoms with Crippen LogP contribution < -0.4 is 5.32 Å². The van der Waals surface area contributed by atoms with Gasteiger partial charge >= 0.3 is 0 Å². The molecule has 0 aromatic carbocycles. The monoisotopic (exact) mass is 219 g/mol. The van der Waals surface area contributed by atoms with E-state index in [0.29, 0.717) is 0 Å². The number of rotatable bonds is 6. The highest BCUT2D eigenvalue weighted by Gasteiger charge is 1.99. The zero-order valence-corrected chi connectivity index (χ0v) is 11.4. The quantitative estimate of drug-likeness (QED) is 0.655. The minimum atomic E-state index is 0.978. The van der Waals surface area contributed by atoms with Crippen LogP contribution in [0.1, 0.15) is 40.5 Å². The summed E-state index contributed by atoms with van der Waals surface area (Å²) in [5, 5.41) is 3.07. The summed E-state index contributed by atoms with van der Waals surface area (Å²) >= 11 is 0. The van der Waals surface area contributed by atoms with Gasteiger partial charge in [0.05, 0.1) is 0 Å². The molecule has 0 aliphatic heterocycles. The van der Waals surface area contributed by atoms with Crippen molar-refractivity contribution >= 4 is 0 Å². The summed E-state index contributed by atoms with van der Waals surface area (Å²) in [6, 6.07) is 0. The first-order valence-corrected chi connectivity index (χ1v) is 5.99. The van der Waals surface area contributed by atoms with Crippen LogP contribution in [0.2, 0.25) is 0 Å². The minimum absolute atomic E-state index is 0.978. The average molecular weight is 219 g/mol. The Labute approximate surface area is 101 Å². The normalized spacial score (nSPS) is 13.9. The maximum absolute atomic E-state index is 3.97. The van der Waals surface area contributed by atoms with Gasteiger partial charge in [-0.15, -0.1) is 0 Å². The smallest absolute Gasteiger partial charge is 0.0294 e. The van der Waals surface area contributed by atoms with Crippen LogP contribution in [0.3, 0.4) is 0 Å². The Balaban J connectivity index is 5.04. The van der Waals surface area contributed by atoms with Gasteiger partial charge in [-0.25, -0.2) is 0 Å². The first-order chi connectivity index (χ1) is 7.56. The third-order valence-corrected chi connectivity index (χ3v) is 2.54. The summed E-state index contributed by atoms with van der Waals surface area (Å²) in [6.07, 6.45) is 8.85. The molecule has 0 saturated heterocycles. The first kappa shape index (κ1) is 14.8. The van der Waals surface area contributed by atoms with Gasteiger partial charge in [0.2, 0.25) is 0 Å². The van der Waals surface area contributed by atoms with E-state index in [1.807, 2.05) is 7.05 Å². The summed E-state index contributed by atoms with van der Waals surface area (Å²) in [5.41, 5.74) is 4.81. The van der Waals surface area contributed by atoms with E-state index >= 15 is 0 Å². The first-order valence-electron chi connectivity index (χ1n) is 5.99. The van der Waals surface area contributed by atoms with Crippen molar-refractivity contribution in [2.24, 2.45) is 0 Å². The van der Waals surface area contributed by atoms with E-state index < -0.39 is 0 Å². The molecule has 0 fully saturated rings. The topological polar surface area (TPSA) is 12.0 Å². The van der Waals surface area contributed by atoms with E-state index in [0.717, 1.165) is 18.5 Å². The van der Waals surface area contributed by atoms with Gasteiger partial charge in [0.25, 0.3) is 0 Å². The van der Waals surface area contributed by atoms with Crippen LogP contribution >= 0.6 is 0 Å². The third-order valence-electron chi connectivity index (χ3n) is 2.54. The predicted molar refractivity (Wildman–Crippen MR) is 74.4 cm³/mol. The summed E-state index contributed by atoms with van der Waals surface area (Å²) in [7, 11) is 1.90. The Kier molecular flexibility index (Phi) is 7.36. The van der Waals surface area contributed by atoms with Gasteiger partial charge in [-0.2, -0.15) is 0 Å². The molecule has 0 unspecified atom stereocenters. The molecule has 0 aromatic heterocycles. The van der Waals surface area contributed by atoms with Crippen LogP contribution in [0.5, 0.6) is 0 Å². The van der Waals surface area contributed by atoms with Crippen LogP contribution in [-0.2, 0) is 0 Å². The summed E-state index contributed by atoms with van der Waals surface area (Å²) in [6.45, 7) is 12.5. The second kappa shape index (κ2) is 7.98. The molecule has 0 aliphatic rings. The third kappa shape index (κ3) is 5.01. The van der Waals surface area contributed by atoms with Crippen molar-refractivity contribution < 1.29 is 0 Å². The van der Waals surface area contributed by atoms with E-state index in [4.69, 9.17) is 0 Å². The van der Waals surface area contributed by atoms with Gasteiger partial charge in [-0.05, 0) is 43.4 Å². The van der Waals surface area contributed by atoms with E-state index in [2.05, 4.69) is 57.8 Å². The molecule has 0 atom stereocenters. The molecule has 0 spiro atoms. The molecule has 0 rings (SSSR count). The molecule has 0 bridgehead atoms. The molecule has 0 saturated carbocycles. The second-order valence-corrected chi connectivity index (χ2v) is 3.92. The lowest BCUT2D eigenvalue weighted by molar-refractivity contribution is 1.00. The molecule has 16 heavy (non-hydrogen) atoms. The molecule has 1 heteroatoms. The van der Waals surface area contributed by atoms with Crippen LogP contribution in [0.4, 0.5) is 0 Å². The number of likely N-dealkylation sites (N-methyl/N-ethyl adjacent to an activating group) is 1. The van der Waals surface area contributed by atoms with Gasteiger partial charge < -0.3 is 5.32 Å². The molecule has 1 N–H and O–H groups in total. The number of allylic oxidation sites excluding steroid dienone is 6. The van der Waals surface area contributed by atoms with Crippen molar-refractivity contribution in [2.45, 2.75) is 40.5 Å². The average Bonchev–Trinajstić information content (AvgIpc) is 2.27. The maximum atomic E-state index is 3.97. The lowest BCUT2D eigenvalue weighted by atomic mass is 10.0. The van der Waals surface area contributed by atoms with Crippen molar-refractivity contribution in [3.8, 4) is 0 Å². The Hall–Kier alpha value is -1.24. The highest BCUT2D eigenvalue weighted by atomic mass is 14.8. The van der Waals surface area contributed by atoms with E-state index in [1.54, 1.807) is 0 Å². The largest absolute Gasteiger partial charge is 0.388 e. The molecule has 0 radical (unpaired) electrons. The van der Waals surface area contributed by atoms with Gasteiger partial charge in [-0.3, -0.25) is 0 Å². The fraction of sp³-hybridized carbons (Fsp3) is 0.467. The summed E-state index contributed by atoms with van der Waals surface area (Å²) in [4.78, 5) is 0. The Bertz CT molecular complexity index is 316. The SMILES string of the molecule is C=C(NC)\C(C)=C/C(=C/CC)C(/C)=C\CC. The van der Waals surface area contributed by atoms with Gasteiger partial charge in [0.15, 0.2) is 0 Å². The van der Waals surface area contributed by atoms with E-state index in [1.165, 1.54) is 16.7 Å². The number of nitrogens with one attached hydrogen (secondary N) is 1. The lowest BCUT2D eigenvalue weighted by Crippen LogP contribution is -2.05. The zero-order chi connectivity index (χ0) is 12.6. The number of hydrogen-bond acceptors (Lipinski definition) is 1. The van der Waals surface area contributed by atoms with Crippen molar-refractivity contribution in [3.63, 3.8) is 0 Å². The fourth-order valence-electron chi connectivity index (χ4n) is 1.50. The highest BCUT2D eigenvalue weighted by Crippen LogP contribution is 2.17. The minimum Gasteiger partial charge on any atom is -0.388 e. The van der Waals surface area contributed by atoms with Crippen molar-refractivity contribution in [1.82, 2.24) is 5.32 Å². The van der Waals surface area contributed by atoms with Crippen LogP contribution in [0.25, 0.3) is 0 Å². The Morgan fingerprint density at radius 1 is 1.06 bits per heavy atom. The van der Waals surface area contributed by atoms with Crippen molar-refractivity contribution in [3.05, 3.63) is 47.2 Å². The molecule has 0 amide bonds. The Morgan fingerprint density at radius 2 is 1.62 bits per heavy atom. The second-order valence-electron chi connectivity index (χ2n) is 3.92. The number of hydrogen-bond donors (Lipinski definition) is 1. The standard InChI is InChI=1S/C15H25N/c1-7-9-12(3)15(10-8-2)11-13(4)14(5)16-6/h9-11,16H,5,7-8H2,1-4,6H3/b12-9-,13-11-,15-10-. The fourth-order valence-corrected chi connectivity index (χ4v) is 1.50. The van der Waals surface area contributed by atoms with Crippen molar-refractivity contribution in [1.29, 1.82) is 0 Å². The van der Waals surface area contributed by atoms with Gasteiger partial charge in [-0.1, -0.05) is 38.7 Å². The van der Waals surface area contributed by atoms with Crippen molar-refractivity contribution in [2.75, 3.05) is 7.05 Å². The Morgan fingerprint density at radius 3 is 2.06 bits per heavy atom. The van der Waals surface area contributed by atoms with Crippen LogP contribution in [-0.4, -0.2) is 7.05 Å². The zero-order valence-electron chi connectivity index (χ0n) is 11.4. The summed E-state index contributed by atoms with van der Waals surface area (Å²) in [5.74, 6) is 0. The van der Waals surface area contributed by atoms with Crippen LogP contribution in [0, 0.1) is 0 Å². The molecule has 90 valence electrons. The molecule has 0 heterocycles. The highest BCUT2D eigenvalue weighted by molar-refractivity contribution is 5.43. The molecule has 0 aliphatic carbocycles. The molecular formula is C15H25N. The maximum Gasteiger partial charge on any atom is 0.0294 e. The summed E-state index contributed by atoms with van der Waals surface area (Å²) < 4.78 is 0. The lowest BCUT2D eigenvalue weighted by Gasteiger charge is -2.08. The molecular weight excluding hydrogens is 194 g/mol. The van der Waals surface area contributed by atoms with E-state index in [-0.39, 0.29) is 0 Å². The molecule has 0 aromatic rings. The van der Waals surface area contributed by atoms with Gasteiger partial charge in [0.1, 0.15) is 0 Å². The van der Waals surface area contributed by atoms with Gasteiger partial charge in [0, 0.05) is 12.7 Å². The molecule has 1 nitrogen and oxygen atoms in total. The van der Waals surface area contributed by atoms with Crippen LogP contribution in [0.15, 0.2) is 47.2 Å².